The monoisotopic (exact) mass is 249 g/mol. The Morgan fingerprint density at radius 1 is 1.28 bits per heavy atom. The van der Waals surface area contributed by atoms with Gasteiger partial charge in [0.05, 0.1) is 5.60 Å². The zero-order valence-electron chi connectivity index (χ0n) is 11.9. The van der Waals surface area contributed by atoms with Crippen molar-refractivity contribution in [3.8, 4) is 0 Å². The summed E-state index contributed by atoms with van der Waals surface area (Å²) in [5, 5.41) is 9.71. The molecular formula is C15H23NO2. The second kappa shape index (κ2) is 5.53. The van der Waals surface area contributed by atoms with Gasteiger partial charge in [-0.1, -0.05) is 26.0 Å². The molecule has 0 fully saturated rings. The molecule has 0 aromatic heterocycles. The first-order valence-electron chi connectivity index (χ1n) is 6.28. The summed E-state index contributed by atoms with van der Waals surface area (Å²) in [5.41, 5.74) is 1.00. The first kappa shape index (κ1) is 14.7. The van der Waals surface area contributed by atoms with Gasteiger partial charge >= 0.3 is 0 Å². The Balaban J connectivity index is 2.78. The SMILES string of the molecule is CC(C)c1ccc(C(=O)N(C)CC(C)(C)O)cc1. The number of benzene rings is 1. The van der Waals surface area contributed by atoms with E-state index in [9.17, 15) is 9.90 Å². The molecule has 1 rings (SSSR count). The second-order valence-corrected chi connectivity index (χ2v) is 5.75. The van der Waals surface area contributed by atoms with Crippen LogP contribution in [0.1, 0.15) is 49.5 Å². The van der Waals surface area contributed by atoms with Crippen molar-refractivity contribution in [2.45, 2.75) is 39.2 Å². The first-order valence-corrected chi connectivity index (χ1v) is 6.28. The van der Waals surface area contributed by atoms with E-state index in [1.807, 2.05) is 24.3 Å². The Kier molecular flexibility index (Phi) is 4.52. The number of carbonyl (C=O) groups is 1. The minimum Gasteiger partial charge on any atom is -0.389 e. The Morgan fingerprint density at radius 3 is 2.17 bits per heavy atom. The molecule has 100 valence electrons. The minimum atomic E-state index is -0.873. The highest BCUT2D eigenvalue weighted by Gasteiger charge is 2.20. The fraction of sp³-hybridized carbons (Fsp3) is 0.533. The maximum Gasteiger partial charge on any atom is 0.253 e. The smallest absolute Gasteiger partial charge is 0.253 e. The molecule has 1 aromatic rings. The quantitative estimate of drug-likeness (QED) is 0.891. The standard InChI is InChI=1S/C15H23NO2/c1-11(2)12-6-8-13(9-7-12)14(17)16(5)10-15(3,4)18/h6-9,11,18H,10H2,1-5H3. The lowest BCUT2D eigenvalue weighted by atomic mass is 10.0. The van der Waals surface area contributed by atoms with Gasteiger partial charge in [-0.05, 0) is 37.5 Å². The number of aliphatic hydroxyl groups is 1. The molecule has 0 bridgehead atoms. The van der Waals surface area contributed by atoms with Crippen molar-refractivity contribution in [2.75, 3.05) is 13.6 Å². The molecule has 0 aliphatic carbocycles. The number of amides is 1. The Hall–Kier alpha value is -1.35. The predicted molar refractivity (Wildman–Crippen MR) is 73.8 cm³/mol. The minimum absolute atomic E-state index is 0.0626. The fourth-order valence-corrected chi connectivity index (χ4v) is 1.88. The number of rotatable bonds is 4. The van der Waals surface area contributed by atoms with Crippen molar-refractivity contribution < 1.29 is 9.90 Å². The topological polar surface area (TPSA) is 40.5 Å². The van der Waals surface area contributed by atoms with E-state index in [-0.39, 0.29) is 5.91 Å². The highest BCUT2D eigenvalue weighted by Crippen LogP contribution is 2.16. The number of nitrogens with zero attached hydrogens (tertiary/aromatic N) is 1. The molecule has 18 heavy (non-hydrogen) atoms. The van der Waals surface area contributed by atoms with Crippen LogP contribution in [0.5, 0.6) is 0 Å². The van der Waals surface area contributed by atoms with Crippen LogP contribution in [-0.2, 0) is 0 Å². The van der Waals surface area contributed by atoms with Crippen LogP contribution >= 0.6 is 0 Å². The molecule has 0 heterocycles. The predicted octanol–water partition coefficient (Wildman–Crippen LogP) is 2.65. The zero-order chi connectivity index (χ0) is 13.9. The molecule has 1 amide bonds. The van der Waals surface area contributed by atoms with Crippen LogP contribution < -0.4 is 0 Å². The van der Waals surface area contributed by atoms with Gasteiger partial charge < -0.3 is 10.0 Å². The number of hydrogen-bond acceptors (Lipinski definition) is 2. The average molecular weight is 249 g/mol. The number of hydrogen-bond donors (Lipinski definition) is 1. The largest absolute Gasteiger partial charge is 0.389 e. The molecule has 0 unspecified atom stereocenters. The van der Waals surface area contributed by atoms with Crippen LogP contribution in [-0.4, -0.2) is 35.1 Å². The van der Waals surface area contributed by atoms with Crippen LogP contribution in [0.15, 0.2) is 24.3 Å². The van der Waals surface area contributed by atoms with E-state index in [1.54, 1.807) is 25.8 Å². The Bertz CT molecular complexity index is 401. The molecule has 0 aliphatic heterocycles. The summed E-state index contributed by atoms with van der Waals surface area (Å²) in [7, 11) is 1.71. The van der Waals surface area contributed by atoms with Crippen LogP contribution in [0, 0.1) is 0 Å². The second-order valence-electron chi connectivity index (χ2n) is 5.75. The van der Waals surface area contributed by atoms with E-state index in [1.165, 1.54) is 5.56 Å². The van der Waals surface area contributed by atoms with Gasteiger partial charge in [0, 0.05) is 19.2 Å². The van der Waals surface area contributed by atoms with Gasteiger partial charge in [-0.25, -0.2) is 0 Å². The highest BCUT2D eigenvalue weighted by molar-refractivity contribution is 5.94. The van der Waals surface area contributed by atoms with E-state index in [0.717, 1.165) is 0 Å². The molecule has 0 atom stereocenters. The average Bonchev–Trinajstić information content (AvgIpc) is 2.26. The summed E-state index contributed by atoms with van der Waals surface area (Å²) in [6.07, 6.45) is 0. The lowest BCUT2D eigenvalue weighted by Gasteiger charge is -2.25. The Morgan fingerprint density at radius 2 is 1.78 bits per heavy atom. The molecule has 0 saturated heterocycles. The van der Waals surface area contributed by atoms with Crippen molar-refractivity contribution >= 4 is 5.91 Å². The highest BCUT2D eigenvalue weighted by atomic mass is 16.3. The van der Waals surface area contributed by atoms with E-state index in [2.05, 4.69) is 13.8 Å². The third-order valence-corrected chi connectivity index (χ3v) is 2.80. The van der Waals surface area contributed by atoms with Crippen LogP contribution in [0.4, 0.5) is 0 Å². The van der Waals surface area contributed by atoms with E-state index >= 15 is 0 Å². The van der Waals surface area contributed by atoms with Gasteiger partial charge in [-0.15, -0.1) is 0 Å². The molecular weight excluding hydrogens is 226 g/mol. The maximum atomic E-state index is 12.1. The summed E-state index contributed by atoms with van der Waals surface area (Å²) < 4.78 is 0. The van der Waals surface area contributed by atoms with Crippen molar-refractivity contribution in [3.63, 3.8) is 0 Å². The number of carbonyl (C=O) groups excluding carboxylic acids is 1. The summed E-state index contributed by atoms with van der Waals surface area (Å²) in [4.78, 5) is 13.7. The van der Waals surface area contributed by atoms with Crippen LogP contribution in [0.25, 0.3) is 0 Å². The van der Waals surface area contributed by atoms with Crippen molar-refractivity contribution in [1.82, 2.24) is 4.90 Å². The molecule has 0 aliphatic rings. The maximum absolute atomic E-state index is 12.1. The molecule has 0 radical (unpaired) electrons. The third-order valence-electron chi connectivity index (χ3n) is 2.80. The van der Waals surface area contributed by atoms with Crippen molar-refractivity contribution in [1.29, 1.82) is 0 Å². The molecule has 0 spiro atoms. The van der Waals surface area contributed by atoms with E-state index in [0.29, 0.717) is 18.0 Å². The van der Waals surface area contributed by atoms with Gasteiger partial charge in [0.1, 0.15) is 0 Å². The molecule has 1 aromatic carbocycles. The molecule has 3 heteroatoms. The third kappa shape index (κ3) is 4.15. The lowest BCUT2D eigenvalue weighted by Crippen LogP contribution is -2.39. The summed E-state index contributed by atoms with van der Waals surface area (Å²) in [5.74, 6) is 0.399. The van der Waals surface area contributed by atoms with Gasteiger partial charge in [0.15, 0.2) is 0 Å². The van der Waals surface area contributed by atoms with E-state index < -0.39 is 5.60 Å². The summed E-state index contributed by atoms with van der Waals surface area (Å²) in [6.45, 7) is 7.95. The number of likely N-dealkylation sites (N-methyl/N-ethyl adjacent to an activating group) is 1. The Labute approximate surface area is 109 Å². The van der Waals surface area contributed by atoms with Gasteiger partial charge in [-0.3, -0.25) is 4.79 Å². The zero-order valence-corrected chi connectivity index (χ0v) is 11.9. The lowest BCUT2D eigenvalue weighted by molar-refractivity contribution is 0.0368. The van der Waals surface area contributed by atoms with Crippen LogP contribution in [0.3, 0.4) is 0 Å². The first-order chi connectivity index (χ1) is 8.20. The van der Waals surface area contributed by atoms with Crippen LogP contribution in [0.2, 0.25) is 0 Å². The fourth-order valence-electron chi connectivity index (χ4n) is 1.88. The summed E-state index contributed by atoms with van der Waals surface area (Å²) in [6, 6.07) is 7.66. The van der Waals surface area contributed by atoms with Gasteiger partial charge in [0.2, 0.25) is 0 Å². The van der Waals surface area contributed by atoms with Gasteiger partial charge in [0.25, 0.3) is 5.91 Å². The van der Waals surface area contributed by atoms with E-state index in [4.69, 9.17) is 0 Å². The van der Waals surface area contributed by atoms with Crippen molar-refractivity contribution in [2.24, 2.45) is 0 Å². The molecule has 1 N–H and O–H groups in total. The molecule has 0 saturated carbocycles. The molecule has 3 nitrogen and oxygen atoms in total. The van der Waals surface area contributed by atoms with Gasteiger partial charge in [-0.2, -0.15) is 0 Å². The normalized spacial score (nSPS) is 11.7. The summed E-state index contributed by atoms with van der Waals surface area (Å²) >= 11 is 0. The van der Waals surface area contributed by atoms with Crippen molar-refractivity contribution in [3.05, 3.63) is 35.4 Å².